The Bertz CT molecular complexity index is 534. The van der Waals surface area contributed by atoms with Crippen LogP contribution in [0.15, 0.2) is 24.3 Å². The van der Waals surface area contributed by atoms with E-state index in [0.29, 0.717) is 24.4 Å². The average Bonchev–Trinajstić information content (AvgIpc) is 2.48. The fourth-order valence-electron chi connectivity index (χ4n) is 1.63. The van der Waals surface area contributed by atoms with Crippen molar-refractivity contribution in [2.24, 2.45) is 0 Å². The maximum absolute atomic E-state index is 11.8. The summed E-state index contributed by atoms with van der Waals surface area (Å²) in [6.45, 7) is 4.44. The molecule has 22 heavy (non-hydrogen) atoms. The first-order valence-corrected chi connectivity index (χ1v) is 8.13. The molecule has 0 fully saturated rings. The lowest BCUT2D eigenvalue weighted by atomic mass is 10.2. The number of carbonyl (C=O) groups excluding carboxylic acids is 3. The maximum Gasteiger partial charge on any atom is 0.315 e. The van der Waals surface area contributed by atoms with Crippen molar-refractivity contribution in [1.29, 1.82) is 0 Å². The topological polar surface area (TPSA) is 84.5 Å². The lowest BCUT2D eigenvalue weighted by molar-refractivity contribution is -0.139. The van der Waals surface area contributed by atoms with Crippen molar-refractivity contribution in [1.82, 2.24) is 5.32 Å². The monoisotopic (exact) mass is 324 g/mol. The smallest absolute Gasteiger partial charge is 0.315 e. The Hall–Kier alpha value is -2.02. The minimum Gasteiger partial charge on any atom is -0.465 e. The van der Waals surface area contributed by atoms with E-state index < -0.39 is 0 Å². The Morgan fingerprint density at radius 3 is 2.64 bits per heavy atom. The van der Waals surface area contributed by atoms with Gasteiger partial charge in [0, 0.05) is 17.8 Å². The molecule has 0 aliphatic heterocycles. The zero-order chi connectivity index (χ0) is 16.4. The highest BCUT2D eigenvalue weighted by Gasteiger charge is 2.08. The summed E-state index contributed by atoms with van der Waals surface area (Å²) in [5, 5.41) is 5.39. The first-order valence-electron chi connectivity index (χ1n) is 6.98. The van der Waals surface area contributed by atoms with Crippen LogP contribution in [0.2, 0.25) is 0 Å². The molecule has 0 bridgehead atoms. The normalized spacial score (nSPS) is 9.91. The van der Waals surface area contributed by atoms with Gasteiger partial charge in [0.25, 0.3) is 5.91 Å². The van der Waals surface area contributed by atoms with Crippen LogP contribution in [-0.4, -0.2) is 42.4 Å². The van der Waals surface area contributed by atoms with E-state index in [0.717, 1.165) is 0 Å². The minimum atomic E-state index is -0.335. The Balaban J connectivity index is 2.46. The first-order chi connectivity index (χ1) is 10.6. The molecule has 0 saturated heterocycles. The standard InChI is InChI=1S/C15H20N2O4S/c1-3-16-15(20)11-6-5-7-12(8-11)17-13(18)9-22-10-14(19)21-4-2/h5-8H,3-4,9-10H2,1-2H3,(H,16,20)(H,17,18). The van der Waals surface area contributed by atoms with Crippen molar-refractivity contribution >= 4 is 35.2 Å². The van der Waals surface area contributed by atoms with Gasteiger partial charge in [0.1, 0.15) is 0 Å². The lowest BCUT2D eigenvalue weighted by Crippen LogP contribution is -2.23. The van der Waals surface area contributed by atoms with Crippen LogP contribution in [0.25, 0.3) is 0 Å². The molecule has 120 valence electrons. The van der Waals surface area contributed by atoms with E-state index in [4.69, 9.17) is 4.74 Å². The summed E-state index contributed by atoms with van der Waals surface area (Å²) in [6, 6.07) is 6.69. The van der Waals surface area contributed by atoms with E-state index in [1.807, 2.05) is 6.92 Å². The minimum absolute atomic E-state index is 0.139. The van der Waals surface area contributed by atoms with Crippen molar-refractivity contribution in [2.75, 3.05) is 30.0 Å². The van der Waals surface area contributed by atoms with Crippen molar-refractivity contribution < 1.29 is 19.1 Å². The van der Waals surface area contributed by atoms with E-state index in [-0.39, 0.29) is 29.3 Å². The highest BCUT2D eigenvalue weighted by atomic mass is 32.2. The second kappa shape index (κ2) is 9.83. The van der Waals surface area contributed by atoms with Crippen LogP contribution in [0.3, 0.4) is 0 Å². The predicted octanol–water partition coefficient (Wildman–Crippen LogP) is 1.67. The van der Waals surface area contributed by atoms with Gasteiger partial charge < -0.3 is 15.4 Å². The molecule has 0 aliphatic carbocycles. The number of esters is 1. The number of thioether (sulfide) groups is 1. The quantitative estimate of drug-likeness (QED) is 0.711. The highest BCUT2D eigenvalue weighted by Crippen LogP contribution is 2.11. The van der Waals surface area contributed by atoms with Crippen LogP contribution in [0.4, 0.5) is 5.69 Å². The van der Waals surface area contributed by atoms with Gasteiger partial charge in [-0.2, -0.15) is 0 Å². The third-order valence-electron chi connectivity index (χ3n) is 2.50. The van der Waals surface area contributed by atoms with Crippen LogP contribution in [-0.2, 0) is 14.3 Å². The summed E-state index contributed by atoms with van der Waals surface area (Å²) in [7, 11) is 0. The van der Waals surface area contributed by atoms with Gasteiger partial charge in [-0.15, -0.1) is 11.8 Å². The SMILES string of the molecule is CCNC(=O)c1cccc(NC(=O)CSCC(=O)OCC)c1. The van der Waals surface area contributed by atoms with E-state index in [1.165, 1.54) is 11.8 Å². The third kappa shape index (κ3) is 6.62. The average molecular weight is 324 g/mol. The van der Waals surface area contributed by atoms with Crippen molar-refractivity contribution in [2.45, 2.75) is 13.8 Å². The zero-order valence-electron chi connectivity index (χ0n) is 12.7. The van der Waals surface area contributed by atoms with E-state index in [2.05, 4.69) is 10.6 Å². The number of hydrogen-bond donors (Lipinski definition) is 2. The Morgan fingerprint density at radius 2 is 1.95 bits per heavy atom. The number of rotatable bonds is 8. The van der Waals surface area contributed by atoms with Crippen LogP contribution in [0, 0.1) is 0 Å². The molecule has 0 spiro atoms. The van der Waals surface area contributed by atoms with Gasteiger partial charge in [-0.1, -0.05) is 6.07 Å². The van der Waals surface area contributed by atoms with Gasteiger partial charge in [0.15, 0.2) is 0 Å². The number of anilines is 1. The van der Waals surface area contributed by atoms with Gasteiger partial charge in [-0.3, -0.25) is 14.4 Å². The first kappa shape index (κ1) is 18.0. The molecule has 0 saturated carbocycles. The Labute approximate surface area is 134 Å². The molecule has 0 aromatic heterocycles. The molecule has 2 amide bonds. The molecule has 0 unspecified atom stereocenters. The van der Waals surface area contributed by atoms with Gasteiger partial charge in [0.2, 0.25) is 5.91 Å². The fraction of sp³-hybridized carbons (Fsp3) is 0.400. The zero-order valence-corrected chi connectivity index (χ0v) is 13.5. The molecule has 1 aromatic carbocycles. The largest absolute Gasteiger partial charge is 0.465 e. The summed E-state index contributed by atoms with van der Waals surface area (Å²) >= 11 is 1.18. The van der Waals surface area contributed by atoms with Crippen molar-refractivity contribution in [3.8, 4) is 0 Å². The molecule has 0 heterocycles. The summed E-state index contributed by atoms with van der Waals surface area (Å²) in [5.41, 5.74) is 1.03. The summed E-state index contributed by atoms with van der Waals surface area (Å²) < 4.78 is 4.77. The van der Waals surface area contributed by atoms with Crippen LogP contribution in [0.1, 0.15) is 24.2 Å². The number of carbonyl (C=O) groups is 3. The number of nitrogens with one attached hydrogen (secondary N) is 2. The summed E-state index contributed by atoms with van der Waals surface area (Å²) in [4.78, 5) is 34.6. The number of benzene rings is 1. The number of amides is 2. The fourth-order valence-corrected chi connectivity index (χ4v) is 2.24. The van der Waals surface area contributed by atoms with Gasteiger partial charge >= 0.3 is 5.97 Å². The maximum atomic E-state index is 11.8. The van der Waals surface area contributed by atoms with Crippen LogP contribution < -0.4 is 10.6 Å². The Kier molecular flexibility index (Phi) is 8.06. The second-order valence-corrected chi connectivity index (χ2v) is 5.27. The lowest BCUT2D eigenvalue weighted by Gasteiger charge is -2.07. The summed E-state index contributed by atoms with van der Waals surface area (Å²) in [5.74, 6) is -0.471. The van der Waals surface area contributed by atoms with Crippen LogP contribution in [0.5, 0.6) is 0 Å². The van der Waals surface area contributed by atoms with E-state index >= 15 is 0 Å². The van der Waals surface area contributed by atoms with Crippen molar-refractivity contribution in [3.63, 3.8) is 0 Å². The number of hydrogen-bond acceptors (Lipinski definition) is 5. The van der Waals surface area contributed by atoms with E-state index in [9.17, 15) is 14.4 Å². The number of ether oxygens (including phenoxy) is 1. The molecule has 1 aromatic rings. The van der Waals surface area contributed by atoms with Gasteiger partial charge in [-0.25, -0.2) is 0 Å². The molecule has 0 aliphatic rings. The third-order valence-corrected chi connectivity index (χ3v) is 3.41. The molecule has 0 radical (unpaired) electrons. The van der Waals surface area contributed by atoms with E-state index in [1.54, 1.807) is 31.2 Å². The molecule has 2 N–H and O–H groups in total. The van der Waals surface area contributed by atoms with Crippen molar-refractivity contribution in [3.05, 3.63) is 29.8 Å². The molecule has 0 atom stereocenters. The molecular formula is C15H20N2O4S. The molecule has 1 rings (SSSR count). The second-order valence-electron chi connectivity index (χ2n) is 4.29. The van der Waals surface area contributed by atoms with Crippen LogP contribution >= 0.6 is 11.8 Å². The Morgan fingerprint density at radius 1 is 1.18 bits per heavy atom. The highest BCUT2D eigenvalue weighted by molar-refractivity contribution is 8.00. The van der Waals surface area contributed by atoms with Gasteiger partial charge in [0.05, 0.1) is 18.1 Å². The van der Waals surface area contributed by atoms with Gasteiger partial charge in [-0.05, 0) is 32.0 Å². The molecular weight excluding hydrogens is 304 g/mol. The molecule has 7 heteroatoms. The summed E-state index contributed by atoms with van der Waals surface area (Å²) in [6.07, 6.45) is 0. The predicted molar refractivity (Wildman–Crippen MR) is 87.0 cm³/mol. The molecule has 6 nitrogen and oxygen atoms in total.